The van der Waals surface area contributed by atoms with Crippen LogP contribution < -0.4 is 14.8 Å². The van der Waals surface area contributed by atoms with E-state index >= 15 is 0 Å². The summed E-state index contributed by atoms with van der Waals surface area (Å²) in [7, 11) is 3.49. The monoisotopic (exact) mass is 433 g/mol. The quantitative estimate of drug-likeness (QED) is 0.336. The maximum atomic E-state index is 5.73. The molecular weight excluding hydrogens is 405 g/mol. The third-order valence-corrected chi connectivity index (χ3v) is 3.99. The number of hydrogen-bond donors (Lipinski definition) is 1. The molecule has 1 saturated heterocycles. The number of methoxy groups -OCH3 is 1. The lowest BCUT2D eigenvalue weighted by Crippen LogP contribution is -2.46. The van der Waals surface area contributed by atoms with Crippen LogP contribution in [-0.2, 0) is 0 Å². The van der Waals surface area contributed by atoms with Gasteiger partial charge in [0.25, 0.3) is 0 Å². The third kappa shape index (κ3) is 6.45. The van der Waals surface area contributed by atoms with Crippen LogP contribution in [0.3, 0.4) is 0 Å². The summed E-state index contributed by atoms with van der Waals surface area (Å²) >= 11 is 0. The molecule has 0 amide bonds. The van der Waals surface area contributed by atoms with E-state index in [4.69, 9.17) is 9.47 Å². The fraction of sp³-hybridized carbons (Fsp3) is 0.588. The molecule has 130 valence electrons. The number of rotatable bonds is 5. The van der Waals surface area contributed by atoms with Crippen LogP contribution in [0.25, 0.3) is 0 Å². The van der Waals surface area contributed by atoms with E-state index in [-0.39, 0.29) is 24.0 Å². The van der Waals surface area contributed by atoms with E-state index in [2.05, 4.69) is 22.1 Å². The molecule has 0 saturated carbocycles. The number of hydrogen-bond acceptors (Lipinski definition) is 3. The summed E-state index contributed by atoms with van der Waals surface area (Å²) in [4.78, 5) is 6.69. The Hall–Kier alpha value is -1.18. The smallest absolute Gasteiger partial charge is 0.193 e. The van der Waals surface area contributed by atoms with E-state index in [9.17, 15) is 0 Å². The summed E-state index contributed by atoms with van der Waals surface area (Å²) in [5.41, 5.74) is 0. The maximum absolute atomic E-state index is 5.73. The maximum Gasteiger partial charge on any atom is 0.193 e. The number of piperidine rings is 1. The van der Waals surface area contributed by atoms with Gasteiger partial charge in [0.15, 0.2) is 5.96 Å². The van der Waals surface area contributed by atoms with Crippen molar-refractivity contribution >= 4 is 29.9 Å². The van der Waals surface area contributed by atoms with Gasteiger partial charge >= 0.3 is 0 Å². The van der Waals surface area contributed by atoms with Gasteiger partial charge in [-0.3, -0.25) is 4.99 Å². The molecule has 0 unspecified atom stereocenters. The minimum absolute atomic E-state index is 0. The van der Waals surface area contributed by atoms with Gasteiger partial charge in [-0.2, -0.15) is 0 Å². The van der Waals surface area contributed by atoms with Crippen molar-refractivity contribution in [3.8, 4) is 11.5 Å². The van der Waals surface area contributed by atoms with Crippen molar-refractivity contribution in [3.63, 3.8) is 0 Å². The summed E-state index contributed by atoms with van der Waals surface area (Å²) in [6, 6.07) is 7.66. The number of nitrogens with zero attached hydrogens (tertiary/aromatic N) is 2. The zero-order chi connectivity index (χ0) is 15.8. The van der Waals surface area contributed by atoms with Gasteiger partial charge in [0.05, 0.1) is 13.7 Å². The normalized spacial score (nSPS) is 15.8. The van der Waals surface area contributed by atoms with Crippen LogP contribution in [0.4, 0.5) is 0 Å². The molecule has 6 heteroatoms. The predicted octanol–water partition coefficient (Wildman–Crippen LogP) is 3.00. The van der Waals surface area contributed by atoms with Gasteiger partial charge in [-0.15, -0.1) is 24.0 Å². The van der Waals surface area contributed by atoms with Gasteiger partial charge in [-0.05, 0) is 30.9 Å². The zero-order valence-electron chi connectivity index (χ0n) is 14.2. The van der Waals surface area contributed by atoms with Crippen LogP contribution in [0.15, 0.2) is 29.3 Å². The Morgan fingerprint density at radius 1 is 1.30 bits per heavy atom. The molecule has 0 aromatic heterocycles. The number of likely N-dealkylation sites (tertiary alicyclic amines) is 1. The van der Waals surface area contributed by atoms with Crippen molar-refractivity contribution < 1.29 is 9.47 Å². The molecule has 0 aliphatic carbocycles. The lowest BCUT2D eigenvalue weighted by Gasteiger charge is -2.32. The van der Waals surface area contributed by atoms with Crippen molar-refractivity contribution in [3.05, 3.63) is 24.3 Å². The van der Waals surface area contributed by atoms with Gasteiger partial charge in [0.1, 0.15) is 18.1 Å². The first-order valence-electron chi connectivity index (χ1n) is 7.95. The fourth-order valence-electron chi connectivity index (χ4n) is 2.58. The van der Waals surface area contributed by atoms with Crippen LogP contribution in [-0.4, -0.2) is 51.3 Å². The molecule has 0 radical (unpaired) electrons. The Kier molecular flexibility index (Phi) is 9.13. The molecule has 1 heterocycles. The molecular formula is C17H28IN3O2. The largest absolute Gasteiger partial charge is 0.497 e. The van der Waals surface area contributed by atoms with Gasteiger partial charge in [0, 0.05) is 26.2 Å². The number of guanidine groups is 1. The Morgan fingerprint density at radius 2 is 2.00 bits per heavy atom. The van der Waals surface area contributed by atoms with E-state index in [0.29, 0.717) is 6.61 Å². The van der Waals surface area contributed by atoms with Crippen molar-refractivity contribution in [2.75, 3.05) is 40.4 Å². The van der Waals surface area contributed by atoms with Gasteiger partial charge < -0.3 is 19.7 Å². The second kappa shape index (κ2) is 10.6. The summed E-state index contributed by atoms with van der Waals surface area (Å²) in [5.74, 6) is 3.43. The molecule has 1 aliphatic rings. The van der Waals surface area contributed by atoms with Crippen LogP contribution >= 0.6 is 24.0 Å². The number of halogens is 1. The molecule has 1 aliphatic heterocycles. The zero-order valence-corrected chi connectivity index (χ0v) is 16.6. The Labute approximate surface area is 156 Å². The average molecular weight is 433 g/mol. The lowest BCUT2D eigenvalue weighted by atomic mass is 10.00. The fourth-order valence-corrected chi connectivity index (χ4v) is 2.58. The second-order valence-corrected chi connectivity index (χ2v) is 5.67. The van der Waals surface area contributed by atoms with E-state index in [1.165, 1.54) is 12.8 Å². The summed E-state index contributed by atoms with van der Waals surface area (Å²) in [6.07, 6.45) is 2.47. The van der Waals surface area contributed by atoms with E-state index in [0.717, 1.165) is 43.0 Å². The van der Waals surface area contributed by atoms with E-state index in [1.54, 1.807) is 7.11 Å². The van der Waals surface area contributed by atoms with Crippen molar-refractivity contribution in [1.29, 1.82) is 0 Å². The standard InChI is InChI=1S/C17H27N3O2.HI/c1-14-7-10-20(11-8-14)17(18-2)19-9-12-22-16-6-4-5-15(13-16)21-3;/h4-6,13-14H,7-12H2,1-3H3,(H,18,19);1H. The number of nitrogens with one attached hydrogen (secondary N) is 1. The highest BCUT2D eigenvalue weighted by atomic mass is 127. The minimum Gasteiger partial charge on any atom is -0.497 e. The third-order valence-electron chi connectivity index (χ3n) is 3.99. The molecule has 0 spiro atoms. The van der Waals surface area contributed by atoms with Crippen molar-refractivity contribution in [1.82, 2.24) is 10.2 Å². The molecule has 1 fully saturated rings. The summed E-state index contributed by atoms with van der Waals surface area (Å²) in [6.45, 7) is 5.80. The Bertz CT molecular complexity index is 488. The number of ether oxygens (including phenoxy) is 2. The second-order valence-electron chi connectivity index (χ2n) is 5.67. The minimum atomic E-state index is 0. The van der Waals surface area contributed by atoms with Gasteiger partial charge in [-0.1, -0.05) is 13.0 Å². The molecule has 0 bridgehead atoms. The van der Waals surface area contributed by atoms with Crippen molar-refractivity contribution in [2.45, 2.75) is 19.8 Å². The molecule has 1 aromatic rings. The summed E-state index contributed by atoms with van der Waals surface area (Å²) < 4.78 is 10.9. The van der Waals surface area contributed by atoms with Gasteiger partial charge in [0.2, 0.25) is 0 Å². The van der Waals surface area contributed by atoms with Crippen LogP contribution in [0.5, 0.6) is 11.5 Å². The molecule has 2 rings (SSSR count). The van der Waals surface area contributed by atoms with Gasteiger partial charge in [-0.25, -0.2) is 0 Å². The van der Waals surface area contributed by atoms with E-state index in [1.807, 2.05) is 31.3 Å². The SMILES string of the molecule is CN=C(NCCOc1cccc(OC)c1)N1CCC(C)CC1.I. The highest BCUT2D eigenvalue weighted by Gasteiger charge is 2.18. The number of benzene rings is 1. The Morgan fingerprint density at radius 3 is 2.65 bits per heavy atom. The van der Waals surface area contributed by atoms with Crippen LogP contribution in [0.2, 0.25) is 0 Å². The molecule has 1 N–H and O–H groups in total. The highest BCUT2D eigenvalue weighted by Crippen LogP contribution is 2.18. The predicted molar refractivity (Wildman–Crippen MR) is 105 cm³/mol. The van der Waals surface area contributed by atoms with Crippen LogP contribution in [0, 0.1) is 5.92 Å². The highest BCUT2D eigenvalue weighted by molar-refractivity contribution is 14.0. The first-order chi connectivity index (χ1) is 10.7. The number of aliphatic imine (C=N–C) groups is 1. The summed E-state index contributed by atoms with van der Waals surface area (Å²) in [5, 5.41) is 3.37. The van der Waals surface area contributed by atoms with E-state index < -0.39 is 0 Å². The molecule has 0 atom stereocenters. The molecule has 1 aromatic carbocycles. The Balaban J connectivity index is 0.00000264. The van der Waals surface area contributed by atoms with Crippen molar-refractivity contribution in [2.24, 2.45) is 10.9 Å². The average Bonchev–Trinajstić information content (AvgIpc) is 2.56. The first kappa shape index (κ1) is 19.9. The van der Waals surface area contributed by atoms with Crippen LogP contribution in [0.1, 0.15) is 19.8 Å². The topological polar surface area (TPSA) is 46.1 Å². The first-order valence-corrected chi connectivity index (χ1v) is 7.95. The lowest BCUT2D eigenvalue weighted by molar-refractivity contribution is 0.269. The molecule has 23 heavy (non-hydrogen) atoms. The molecule has 5 nitrogen and oxygen atoms in total.